The minimum Gasteiger partial charge on any atom is -0.463 e. The number of rotatable bonds is 3. The fourth-order valence-corrected chi connectivity index (χ4v) is 3.41. The normalized spacial score (nSPS) is 33.5. The van der Waals surface area contributed by atoms with Crippen molar-refractivity contribution in [3.05, 3.63) is 5.01 Å². The highest BCUT2D eigenvalue weighted by Crippen LogP contribution is 2.40. The van der Waals surface area contributed by atoms with E-state index >= 15 is 0 Å². The molecule has 1 aromatic heterocycles. The molecule has 3 heterocycles. The van der Waals surface area contributed by atoms with Gasteiger partial charge in [-0.25, -0.2) is 0 Å². The molecule has 3 rings (SSSR count). The largest absolute Gasteiger partial charge is 0.463 e. The SMILES string of the molecule is CCOc1nsc(C2CN3CCC2C3)n1. The average Bonchev–Trinajstić information content (AvgIpc) is 2.91. The van der Waals surface area contributed by atoms with Gasteiger partial charge < -0.3 is 9.64 Å². The quantitative estimate of drug-likeness (QED) is 0.778. The molecule has 0 aliphatic carbocycles. The maximum Gasteiger partial charge on any atom is 0.328 e. The zero-order valence-electron chi connectivity index (χ0n) is 8.85. The first-order chi connectivity index (χ1) is 7.36. The molecule has 0 aromatic carbocycles. The zero-order valence-corrected chi connectivity index (χ0v) is 9.66. The summed E-state index contributed by atoms with van der Waals surface area (Å²) in [4.78, 5) is 6.98. The summed E-state index contributed by atoms with van der Waals surface area (Å²) in [6, 6.07) is 0.565. The molecule has 0 amide bonds. The number of ether oxygens (including phenoxy) is 1. The Morgan fingerprint density at radius 2 is 2.47 bits per heavy atom. The molecule has 3 atom stereocenters. The molecule has 2 aliphatic rings. The molecule has 0 N–H and O–H groups in total. The van der Waals surface area contributed by atoms with E-state index in [0.717, 1.165) is 5.92 Å². The smallest absolute Gasteiger partial charge is 0.328 e. The highest BCUT2D eigenvalue weighted by Gasteiger charge is 2.40. The third-order valence-electron chi connectivity index (χ3n) is 3.35. The van der Waals surface area contributed by atoms with Crippen molar-refractivity contribution >= 4 is 11.5 Å². The first-order valence-electron chi connectivity index (χ1n) is 5.55. The van der Waals surface area contributed by atoms with E-state index in [-0.39, 0.29) is 0 Å². The summed E-state index contributed by atoms with van der Waals surface area (Å²) in [5.74, 6) is 1.43. The molecule has 0 radical (unpaired) electrons. The van der Waals surface area contributed by atoms with Gasteiger partial charge in [-0.05, 0) is 37.3 Å². The topological polar surface area (TPSA) is 38.2 Å². The van der Waals surface area contributed by atoms with Gasteiger partial charge >= 0.3 is 6.01 Å². The Hall–Kier alpha value is -0.680. The van der Waals surface area contributed by atoms with Gasteiger partial charge in [0, 0.05) is 19.0 Å². The van der Waals surface area contributed by atoms with Crippen LogP contribution in [0.15, 0.2) is 0 Å². The number of nitrogens with zero attached hydrogens (tertiary/aromatic N) is 3. The Bertz CT molecular complexity index is 354. The van der Waals surface area contributed by atoms with Gasteiger partial charge in [-0.3, -0.25) is 0 Å². The number of hydrogen-bond acceptors (Lipinski definition) is 5. The van der Waals surface area contributed by atoms with Crippen molar-refractivity contribution in [1.82, 2.24) is 14.3 Å². The van der Waals surface area contributed by atoms with Gasteiger partial charge in [0.2, 0.25) is 0 Å². The molecule has 0 saturated carbocycles. The van der Waals surface area contributed by atoms with Crippen LogP contribution in [0, 0.1) is 5.92 Å². The Labute approximate surface area is 93.4 Å². The third kappa shape index (κ3) is 1.63. The van der Waals surface area contributed by atoms with Crippen LogP contribution in [-0.4, -0.2) is 40.5 Å². The predicted octanol–water partition coefficient (Wildman–Crippen LogP) is 1.36. The first-order valence-corrected chi connectivity index (χ1v) is 6.33. The summed E-state index contributed by atoms with van der Waals surface area (Å²) in [6.45, 7) is 6.32. The average molecular weight is 225 g/mol. The number of aromatic nitrogens is 2. The van der Waals surface area contributed by atoms with Crippen molar-refractivity contribution in [2.45, 2.75) is 19.3 Å². The maximum absolute atomic E-state index is 5.30. The summed E-state index contributed by atoms with van der Waals surface area (Å²) in [6.07, 6.45) is 1.33. The van der Waals surface area contributed by atoms with Crippen LogP contribution in [-0.2, 0) is 0 Å². The van der Waals surface area contributed by atoms with Crippen LogP contribution in [0.3, 0.4) is 0 Å². The number of fused-ring (bicyclic) bond motifs is 2. The molecular formula is C10H15N3OS. The van der Waals surface area contributed by atoms with Crippen LogP contribution in [0.2, 0.25) is 0 Å². The van der Waals surface area contributed by atoms with Gasteiger partial charge in [0.15, 0.2) is 0 Å². The van der Waals surface area contributed by atoms with E-state index in [1.807, 2.05) is 6.92 Å². The zero-order chi connectivity index (χ0) is 10.3. The standard InChI is InChI=1S/C10H15N3OS/c1-2-14-10-11-9(15-12-10)8-6-13-4-3-7(8)5-13/h7-8H,2-6H2,1H3. The lowest BCUT2D eigenvalue weighted by Crippen LogP contribution is -2.21. The predicted molar refractivity (Wildman–Crippen MR) is 58.4 cm³/mol. The molecular weight excluding hydrogens is 210 g/mol. The van der Waals surface area contributed by atoms with Crippen molar-refractivity contribution in [2.24, 2.45) is 5.92 Å². The second-order valence-corrected chi connectivity index (χ2v) is 5.05. The van der Waals surface area contributed by atoms with Crippen molar-refractivity contribution in [1.29, 1.82) is 0 Å². The van der Waals surface area contributed by atoms with Gasteiger partial charge in [-0.1, -0.05) is 0 Å². The number of piperidine rings is 1. The Morgan fingerprint density at radius 1 is 1.53 bits per heavy atom. The second kappa shape index (κ2) is 3.72. The van der Waals surface area contributed by atoms with E-state index in [1.54, 1.807) is 0 Å². The fourth-order valence-electron chi connectivity index (χ4n) is 2.62. The summed E-state index contributed by atoms with van der Waals surface area (Å²) in [7, 11) is 0. The van der Waals surface area contributed by atoms with E-state index in [4.69, 9.17) is 4.74 Å². The van der Waals surface area contributed by atoms with E-state index in [2.05, 4.69) is 14.3 Å². The first kappa shape index (κ1) is 9.54. The molecule has 2 fully saturated rings. The van der Waals surface area contributed by atoms with Crippen LogP contribution >= 0.6 is 11.5 Å². The van der Waals surface area contributed by atoms with Crippen LogP contribution in [0.25, 0.3) is 0 Å². The fraction of sp³-hybridized carbons (Fsp3) is 0.800. The lowest BCUT2D eigenvalue weighted by molar-refractivity contribution is 0.313. The van der Waals surface area contributed by atoms with Crippen molar-refractivity contribution < 1.29 is 4.74 Å². The molecule has 2 aliphatic heterocycles. The number of hydrogen-bond donors (Lipinski definition) is 0. The minimum atomic E-state index is 0.565. The van der Waals surface area contributed by atoms with Crippen molar-refractivity contribution in [3.8, 4) is 6.01 Å². The second-order valence-electron chi connectivity index (χ2n) is 4.26. The van der Waals surface area contributed by atoms with Gasteiger partial charge in [0.05, 0.1) is 6.61 Å². The van der Waals surface area contributed by atoms with Crippen LogP contribution in [0.5, 0.6) is 6.01 Å². The van der Waals surface area contributed by atoms with E-state index in [9.17, 15) is 0 Å². The lowest BCUT2D eigenvalue weighted by atomic mass is 9.93. The lowest BCUT2D eigenvalue weighted by Gasteiger charge is -2.19. The van der Waals surface area contributed by atoms with E-state index in [1.165, 1.54) is 42.6 Å². The van der Waals surface area contributed by atoms with Crippen molar-refractivity contribution in [3.63, 3.8) is 0 Å². The third-order valence-corrected chi connectivity index (χ3v) is 4.18. The Morgan fingerprint density at radius 3 is 3.13 bits per heavy atom. The highest BCUT2D eigenvalue weighted by molar-refractivity contribution is 7.05. The highest BCUT2D eigenvalue weighted by atomic mass is 32.1. The summed E-state index contributed by atoms with van der Waals surface area (Å²) in [5.41, 5.74) is 0. The molecule has 2 bridgehead atoms. The van der Waals surface area contributed by atoms with Gasteiger partial charge in [0.25, 0.3) is 0 Å². The van der Waals surface area contributed by atoms with Crippen molar-refractivity contribution in [2.75, 3.05) is 26.2 Å². The minimum absolute atomic E-state index is 0.565. The Balaban J connectivity index is 1.75. The van der Waals surface area contributed by atoms with Crippen LogP contribution in [0.4, 0.5) is 0 Å². The van der Waals surface area contributed by atoms with E-state index in [0.29, 0.717) is 18.5 Å². The molecule has 1 aromatic rings. The summed E-state index contributed by atoms with van der Waals surface area (Å²) >= 11 is 1.51. The summed E-state index contributed by atoms with van der Waals surface area (Å²) in [5, 5.41) is 1.17. The van der Waals surface area contributed by atoms with Gasteiger partial charge in [-0.15, -0.1) is 4.37 Å². The monoisotopic (exact) mass is 225 g/mol. The molecule has 15 heavy (non-hydrogen) atoms. The van der Waals surface area contributed by atoms with Gasteiger partial charge in [0.1, 0.15) is 5.01 Å². The Kier molecular flexibility index (Phi) is 2.36. The summed E-state index contributed by atoms with van der Waals surface area (Å²) < 4.78 is 9.52. The van der Waals surface area contributed by atoms with Crippen LogP contribution < -0.4 is 4.74 Å². The molecule has 4 nitrogen and oxygen atoms in total. The molecule has 0 spiro atoms. The molecule has 2 saturated heterocycles. The molecule has 3 unspecified atom stereocenters. The molecule has 82 valence electrons. The van der Waals surface area contributed by atoms with Crippen LogP contribution in [0.1, 0.15) is 24.3 Å². The van der Waals surface area contributed by atoms with E-state index < -0.39 is 0 Å². The maximum atomic E-state index is 5.30. The van der Waals surface area contributed by atoms with Gasteiger partial charge in [-0.2, -0.15) is 4.98 Å². The molecule has 5 heteroatoms.